The van der Waals surface area contributed by atoms with Crippen LogP contribution in [0.25, 0.3) is 0 Å². The Morgan fingerprint density at radius 3 is 2.66 bits per heavy atom. The quantitative estimate of drug-likeness (QED) is 0.663. The molecular formula is C24H31FO4. The van der Waals surface area contributed by atoms with E-state index in [1.165, 1.54) is 13.0 Å². The first-order valence-corrected chi connectivity index (χ1v) is 10.8. The van der Waals surface area contributed by atoms with Crippen LogP contribution < -0.4 is 0 Å². The van der Waals surface area contributed by atoms with Gasteiger partial charge >= 0.3 is 5.97 Å². The molecule has 0 spiro atoms. The number of ether oxygens (including phenoxy) is 1. The summed E-state index contributed by atoms with van der Waals surface area (Å²) in [5.41, 5.74) is 0.0348. The maximum absolute atomic E-state index is 15.3. The minimum Gasteiger partial charge on any atom is -0.458 e. The van der Waals surface area contributed by atoms with E-state index in [0.29, 0.717) is 12.0 Å². The lowest BCUT2D eigenvalue weighted by molar-refractivity contribution is -0.149. The van der Waals surface area contributed by atoms with Crippen molar-refractivity contribution in [3.8, 4) is 0 Å². The minimum absolute atomic E-state index is 0.00119. The van der Waals surface area contributed by atoms with Crippen molar-refractivity contribution in [2.24, 2.45) is 40.4 Å². The molecule has 0 aromatic heterocycles. The number of carbonyl (C=O) groups is 3. The summed E-state index contributed by atoms with van der Waals surface area (Å²) in [4.78, 5) is 36.0. The fourth-order valence-corrected chi connectivity index (χ4v) is 7.51. The standard InChI is InChI=1S/C24H31FO4/c1-13-9-18-16-11-20(25)19-10-15(27)5-7-23(19,3)17(16)6-8-24(18,4)22(13)21(28)12-29-14(2)26/h5,7,10,13,16-18,20,22H,6,8-9,11-12H2,1-4H3/t13?,16-,17+,18+,20?,22-,23-,24+/m1/s1. The van der Waals surface area contributed by atoms with Crippen molar-refractivity contribution < 1.29 is 23.5 Å². The Morgan fingerprint density at radius 2 is 1.97 bits per heavy atom. The number of hydrogen-bond acceptors (Lipinski definition) is 4. The molecule has 0 aliphatic heterocycles. The molecule has 0 bridgehead atoms. The van der Waals surface area contributed by atoms with E-state index >= 15 is 4.39 Å². The molecule has 158 valence electrons. The van der Waals surface area contributed by atoms with Gasteiger partial charge < -0.3 is 4.74 Å². The average molecular weight is 403 g/mol. The van der Waals surface area contributed by atoms with E-state index in [2.05, 4.69) is 20.8 Å². The van der Waals surface area contributed by atoms with Gasteiger partial charge in [-0.1, -0.05) is 26.8 Å². The van der Waals surface area contributed by atoms with E-state index in [-0.39, 0.29) is 53.2 Å². The smallest absolute Gasteiger partial charge is 0.303 e. The van der Waals surface area contributed by atoms with Gasteiger partial charge in [-0.2, -0.15) is 0 Å². The van der Waals surface area contributed by atoms with Crippen LogP contribution in [-0.4, -0.2) is 30.3 Å². The zero-order valence-corrected chi connectivity index (χ0v) is 17.7. The Morgan fingerprint density at radius 1 is 1.24 bits per heavy atom. The van der Waals surface area contributed by atoms with Crippen LogP contribution >= 0.6 is 0 Å². The molecule has 5 heteroatoms. The lowest BCUT2D eigenvalue weighted by Crippen LogP contribution is -2.53. The fourth-order valence-electron chi connectivity index (χ4n) is 7.51. The minimum atomic E-state index is -1.11. The molecule has 4 rings (SSSR count). The summed E-state index contributed by atoms with van der Waals surface area (Å²) in [5, 5.41) is 0. The number of Topliss-reactive ketones (excluding diaryl/α,β-unsaturated/α-hetero) is 1. The van der Waals surface area contributed by atoms with E-state index in [9.17, 15) is 14.4 Å². The zero-order chi connectivity index (χ0) is 21.1. The molecular weight excluding hydrogens is 371 g/mol. The summed E-state index contributed by atoms with van der Waals surface area (Å²) in [6.07, 6.45) is 7.08. The molecule has 4 aliphatic rings. The summed E-state index contributed by atoms with van der Waals surface area (Å²) in [7, 11) is 0. The number of fused-ring (bicyclic) bond motifs is 5. The Balaban J connectivity index is 1.64. The summed E-state index contributed by atoms with van der Waals surface area (Å²) in [6, 6.07) is 0. The number of rotatable bonds is 3. The van der Waals surface area contributed by atoms with Crippen molar-refractivity contribution in [3.05, 3.63) is 23.8 Å². The van der Waals surface area contributed by atoms with Crippen LogP contribution in [0.4, 0.5) is 4.39 Å². The Kier molecular flexibility index (Phi) is 4.86. The monoisotopic (exact) mass is 402 g/mol. The van der Waals surface area contributed by atoms with Gasteiger partial charge in [0.1, 0.15) is 12.8 Å². The number of alkyl halides is 1. The van der Waals surface area contributed by atoms with Gasteiger partial charge in [0.2, 0.25) is 0 Å². The largest absolute Gasteiger partial charge is 0.458 e. The van der Waals surface area contributed by atoms with Crippen LogP contribution in [0.2, 0.25) is 0 Å². The molecule has 3 fully saturated rings. The molecule has 0 heterocycles. The highest BCUT2D eigenvalue weighted by Crippen LogP contribution is 2.67. The first-order chi connectivity index (χ1) is 13.6. The predicted molar refractivity (Wildman–Crippen MR) is 107 cm³/mol. The highest BCUT2D eigenvalue weighted by Gasteiger charge is 2.62. The second-order valence-corrected chi connectivity index (χ2v) is 10.2. The lowest BCUT2D eigenvalue weighted by atomic mass is 9.47. The molecule has 3 saturated carbocycles. The SMILES string of the molecule is CC(=O)OCC(=O)[C@H]1C(C)C[C@H]2[C@@H]3CC(F)C4=CC(=O)C=C[C@]4(C)[C@H]3CC[C@]12C. The molecule has 2 unspecified atom stereocenters. The topological polar surface area (TPSA) is 60.4 Å². The van der Waals surface area contributed by atoms with E-state index < -0.39 is 17.6 Å². The average Bonchev–Trinajstić information content (AvgIpc) is 2.92. The third-order valence-corrected chi connectivity index (χ3v) is 8.64. The van der Waals surface area contributed by atoms with Gasteiger partial charge in [-0.25, -0.2) is 4.39 Å². The second-order valence-electron chi connectivity index (χ2n) is 10.2. The first kappa shape index (κ1) is 20.5. The maximum Gasteiger partial charge on any atom is 0.303 e. The van der Waals surface area contributed by atoms with Gasteiger partial charge in [-0.3, -0.25) is 14.4 Å². The molecule has 0 aromatic rings. The van der Waals surface area contributed by atoms with Gasteiger partial charge in [0.05, 0.1) is 0 Å². The molecule has 0 amide bonds. The van der Waals surface area contributed by atoms with Gasteiger partial charge in [0.25, 0.3) is 0 Å². The van der Waals surface area contributed by atoms with Crippen molar-refractivity contribution in [2.75, 3.05) is 6.61 Å². The van der Waals surface area contributed by atoms with Crippen LogP contribution in [0, 0.1) is 40.4 Å². The zero-order valence-electron chi connectivity index (χ0n) is 17.7. The van der Waals surface area contributed by atoms with E-state index in [0.717, 1.165) is 19.3 Å². The molecule has 4 aliphatic carbocycles. The summed E-state index contributed by atoms with van der Waals surface area (Å²) < 4.78 is 20.3. The van der Waals surface area contributed by atoms with Crippen molar-refractivity contribution in [1.82, 2.24) is 0 Å². The van der Waals surface area contributed by atoms with Crippen LogP contribution in [0.3, 0.4) is 0 Å². The third kappa shape index (κ3) is 3.03. The van der Waals surface area contributed by atoms with Gasteiger partial charge in [0, 0.05) is 18.3 Å². The molecule has 0 saturated heterocycles. The fraction of sp³-hybridized carbons (Fsp3) is 0.708. The highest BCUT2D eigenvalue weighted by atomic mass is 19.1. The van der Waals surface area contributed by atoms with Crippen molar-refractivity contribution in [1.29, 1.82) is 0 Å². The van der Waals surface area contributed by atoms with Crippen LogP contribution in [0.15, 0.2) is 23.8 Å². The lowest BCUT2D eigenvalue weighted by Gasteiger charge is -2.57. The number of halogens is 1. The van der Waals surface area contributed by atoms with Crippen LogP contribution in [0.5, 0.6) is 0 Å². The van der Waals surface area contributed by atoms with Crippen molar-refractivity contribution in [3.63, 3.8) is 0 Å². The van der Waals surface area contributed by atoms with E-state index in [4.69, 9.17) is 4.74 Å². The molecule has 0 N–H and O–H groups in total. The number of ketones is 2. The number of esters is 1. The number of allylic oxidation sites excluding steroid dienone is 4. The second kappa shape index (κ2) is 6.88. The summed E-state index contributed by atoms with van der Waals surface area (Å²) >= 11 is 0. The molecule has 4 nitrogen and oxygen atoms in total. The molecule has 29 heavy (non-hydrogen) atoms. The third-order valence-electron chi connectivity index (χ3n) is 8.64. The summed E-state index contributed by atoms with van der Waals surface area (Å²) in [6.45, 7) is 7.53. The molecule has 0 aromatic carbocycles. The van der Waals surface area contributed by atoms with Gasteiger partial charge in [-0.05, 0) is 72.5 Å². The highest BCUT2D eigenvalue weighted by molar-refractivity contribution is 6.01. The normalized spacial score (nSPS) is 45.7. The first-order valence-electron chi connectivity index (χ1n) is 10.8. The van der Waals surface area contributed by atoms with Gasteiger partial charge in [-0.15, -0.1) is 0 Å². The Bertz CT molecular complexity index is 814. The van der Waals surface area contributed by atoms with E-state index in [1.54, 1.807) is 6.08 Å². The Labute approximate surface area is 171 Å². The maximum atomic E-state index is 15.3. The molecule has 8 atom stereocenters. The van der Waals surface area contributed by atoms with Crippen molar-refractivity contribution in [2.45, 2.75) is 59.5 Å². The van der Waals surface area contributed by atoms with Gasteiger partial charge in [0.15, 0.2) is 11.6 Å². The van der Waals surface area contributed by atoms with Crippen molar-refractivity contribution >= 4 is 17.5 Å². The predicted octanol–water partition coefficient (Wildman–Crippen LogP) is 4.24. The van der Waals surface area contributed by atoms with Crippen LogP contribution in [0.1, 0.15) is 53.4 Å². The number of hydrogen-bond donors (Lipinski definition) is 0. The summed E-state index contributed by atoms with van der Waals surface area (Å²) in [5.74, 6) is 0.231. The van der Waals surface area contributed by atoms with E-state index in [1.807, 2.05) is 6.08 Å². The number of carbonyl (C=O) groups excluding carboxylic acids is 3. The van der Waals surface area contributed by atoms with Crippen LogP contribution in [-0.2, 0) is 19.1 Å². The molecule has 0 radical (unpaired) electrons. The Hall–Kier alpha value is -1.78.